The predicted octanol–water partition coefficient (Wildman–Crippen LogP) is 2.73. The van der Waals surface area contributed by atoms with Gasteiger partial charge in [0.05, 0.1) is 5.69 Å². The van der Waals surface area contributed by atoms with Crippen molar-refractivity contribution in [1.29, 1.82) is 0 Å². The lowest BCUT2D eigenvalue weighted by atomic mass is 9.83. The average Bonchev–Trinajstić information content (AvgIpc) is 2.35. The number of aromatic nitrogens is 1. The quantitative estimate of drug-likeness (QED) is 0.761. The molecule has 3 nitrogen and oxygen atoms in total. The van der Waals surface area contributed by atoms with Gasteiger partial charge in [-0.15, -0.1) is 0 Å². The maximum absolute atomic E-state index is 9.45. The van der Waals surface area contributed by atoms with E-state index in [-0.39, 0.29) is 12.0 Å². The van der Waals surface area contributed by atoms with Crippen LogP contribution < -0.4 is 5.32 Å². The third-order valence-corrected chi connectivity index (χ3v) is 3.86. The monoisotopic (exact) mass is 300 g/mol. The topological polar surface area (TPSA) is 45.1 Å². The molecule has 0 aromatic carbocycles. The number of aliphatic hydroxyl groups excluding tert-OH is 1. The van der Waals surface area contributed by atoms with Crippen LogP contribution in [0.5, 0.6) is 0 Å². The Bertz CT molecular complexity index is 332. The van der Waals surface area contributed by atoms with Crippen LogP contribution in [0.1, 0.15) is 32.4 Å². The zero-order valence-corrected chi connectivity index (χ0v) is 12.1. The summed E-state index contributed by atoms with van der Waals surface area (Å²) in [6.07, 6.45) is 1.97. The van der Waals surface area contributed by atoms with Crippen LogP contribution in [0.15, 0.2) is 22.8 Å². The van der Waals surface area contributed by atoms with Crippen molar-refractivity contribution in [2.24, 2.45) is 5.41 Å². The van der Waals surface area contributed by atoms with E-state index in [1.165, 1.54) is 0 Å². The first-order valence-corrected chi connectivity index (χ1v) is 6.88. The fourth-order valence-electron chi connectivity index (χ4n) is 1.78. The van der Waals surface area contributed by atoms with Gasteiger partial charge in [0.25, 0.3) is 0 Å². The van der Waals surface area contributed by atoms with Gasteiger partial charge in [-0.05, 0) is 40.9 Å². The number of nitrogens with one attached hydrogen (secondary N) is 1. The molecule has 17 heavy (non-hydrogen) atoms. The first kappa shape index (κ1) is 14.6. The summed E-state index contributed by atoms with van der Waals surface area (Å²) >= 11 is 3.36. The van der Waals surface area contributed by atoms with Crippen LogP contribution >= 0.6 is 15.9 Å². The van der Waals surface area contributed by atoms with E-state index in [2.05, 4.69) is 40.1 Å². The molecule has 4 heteroatoms. The zero-order chi connectivity index (χ0) is 12.7. The highest BCUT2D eigenvalue weighted by Crippen LogP contribution is 2.24. The summed E-state index contributed by atoms with van der Waals surface area (Å²) in [4.78, 5) is 4.36. The number of pyridine rings is 1. The summed E-state index contributed by atoms with van der Waals surface area (Å²) < 4.78 is 0.858. The standard InChI is InChI=1S/C13H21BrN2O/c1-3-13(4-2,10-17)9-15-8-11-6-5-7-12(14)16-11/h5-7,15,17H,3-4,8-10H2,1-2H3. The summed E-state index contributed by atoms with van der Waals surface area (Å²) in [6, 6.07) is 5.89. The molecule has 0 unspecified atom stereocenters. The molecule has 0 amide bonds. The summed E-state index contributed by atoms with van der Waals surface area (Å²) in [7, 11) is 0. The van der Waals surface area contributed by atoms with E-state index in [0.717, 1.165) is 36.2 Å². The maximum atomic E-state index is 9.45. The Hall–Kier alpha value is -0.450. The van der Waals surface area contributed by atoms with Gasteiger partial charge in [-0.3, -0.25) is 0 Å². The van der Waals surface area contributed by atoms with Crippen molar-refractivity contribution in [3.05, 3.63) is 28.5 Å². The van der Waals surface area contributed by atoms with Crippen molar-refractivity contribution in [1.82, 2.24) is 10.3 Å². The Morgan fingerprint density at radius 1 is 1.35 bits per heavy atom. The van der Waals surface area contributed by atoms with Crippen LogP contribution in [0.3, 0.4) is 0 Å². The number of rotatable bonds is 7. The smallest absolute Gasteiger partial charge is 0.106 e. The lowest BCUT2D eigenvalue weighted by molar-refractivity contribution is 0.113. The normalized spacial score (nSPS) is 11.8. The average molecular weight is 301 g/mol. The van der Waals surface area contributed by atoms with Crippen molar-refractivity contribution < 1.29 is 5.11 Å². The molecule has 96 valence electrons. The van der Waals surface area contributed by atoms with E-state index >= 15 is 0 Å². The minimum absolute atomic E-state index is 0.00596. The van der Waals surface area contributed by atoms with Gasteiger partial charge in [-0.1, -0.05) is 19.9 Å². The molecule has 0 aliphatic carbocycles. The molecule has 0 spiro atoms. The summed E-state index contributed by atoms with van der Waals surface area (Å²) in [5.74, 6) is 0. The van der Waals surface area contributed by atoms with Crippen molar-refractivity contribution in [2.75, 3.05) is 13.2 Å². The molecule has 2 N–H and O–H groups in total. The molecular formula is C13H21BrN2O. The molecule has 1 aromatic rings. The van der Waals surface area contributed by atoms with Gasteiger partial charge in [0.2, 0.25) is 0 Å². The molecule has 0 bridgehead atoms. The Morgan fingerprint density at radius 3 is 2.59 bits per heavy atom. The highest BCUT2D eigenvalue weighted by atomic mass is 79.9. The predicted molar refractivity (Wildman–Crippen MR) is 73.7 cm³/mol. The Balaban J connectivity index is 2.46. The van der Waals surface area contributed by atoms with Gasteiger partial charge in [-0.2, -0.15) is 0 Å². The van der Waals surface area contributed by atoms with Crippen LogP contribution in [0.25, 0.3) is 0 Å². The van der Waals surface area contributed by atoms with Crippen molar-refractivity contribution in [3.63, 3.8) is 0 Å². The first-order valence-electron chi connectivity index (χ1n) is 6.09. The Labute approximate surface area is 112 Å². The lowest BCUT2D eigenvalue weighted by Gasteiger charge is -2.29. The molecule has 1 rings (SSSR count). The highest BCUT2D eigenvalue weighted by Gasteiger charge is 2.24. The van der Waals surface area contributed by atoms with E-state index in [0.29, 0.717) is 0 Å². The number of hydrogen-bond donors (Lipinski definition) is 2. The second kappa shape index (κ2) is 7.09. The minimum atomic E-state index is 0.00596. The second-order valence-corrected chi connectivity index (χ2v) is 5.23. The van der Waals surface area contributed by atoms with E-state index < -0.39 is 0 Å². The molecule has 0 aliphatic rings. The molecule has 0 fully saturated rings. The van der Waals surface area contributed by atoms with Gasteiger partial charge >= 0.3 is 0 Å². The number of hydrogen-bond acceptors (Lipinski definition) is 3. The fraction of sp³-hybridized carbons (Fsp3) is 0.615. The third kappa shape index (κ3) is 4.37. The van der Waals surface area contributed by atoms with Gasteiger partial charge in [0.1, 0.15) is 4.60 Å². The van der Waals surface area contributed by atoms with Crippen LogP contribution in [-0.4, -0.2) is 23.2 Å². The van der Waals surface area contributed by atoms with Gasteiger partial charge in [-0.25, -0.2) is 4.98 Å². The zero-order valence-electron chi connectivity index (χ0n) is 10.5. The van der Waals surface area contributed by atoms with E-state index in [1.54, 1.807) is 0 Å². The van der Waals surface area contributed by atoms with Crippen LogP contribution in [0, 0.1) is 5.41 Å². The largest absolute Gasteiger partial charge is 0.396 e. The van der Waals surface area contributed by atoms with Gasteiger partial charge < -0.3 is 10.4 Å². The van der Waals surface area contributed by atoms with Gasteiger partial charge in [0.15, 0.2) is 0 Å². The molecule has 1 aromatic heterocycles. The summed E-state index contributed by atoms with van der Waals surface area (Å²) in [5.41, 5.74) is 1.02. The Morgan fingerprint density at radius 2 is 2.06 bits per heavy atom. The van der Waals surface area contributed by atoms with Crippen molar-refractivity contribution in [3.8, 4) is 0 Å². The van der Waals surface area contributed by atoms with E-state index in [4.69, 9.17) is 0 Å². The fourth-order valence-corrected chi connectivity index (χ4v) is 2.16. The molecule has 0 atom stereocenters. The Kier molecular flexibility index (Phi) is 6.09. The second-order valence-electron chi connectivity index (χ2n) is 4.42. The van der Waals surface area contributed by atoms with Gasteiger partial charge in [0, 0.05) is 25.1 Å². The van der Waals surface area contributed by atoms with Crippen LogP contribution in [0.2, 0.25) is 0 Å². The maximum Gasteiger partial charge on any atom is 0.106 e. The molecule has 0 radical (unpaired) electrons. The van der Waals surface area contributed by atoms with Crippen LogP contribution in [-0.2, 0) is 6.54 Å². The van der Waals surface area contributed by atoms with Crippen molar-refractivity contribution >= 4 is 15.9 Å². The molecule has 0 saturated heterocycles. The number of aliphatic hydroxyl groups is 1. The molecule has 0 saturated carbocycles. The summed E-state index contributed by atoms with van der Waals surface area (Å²) in [5, 5.41) is 12.8. The third-order valence-electron chi connectivity index (χ3n) is 3.41. The van der Waals surface area contributed by atoms with E-state index in [9.17, 15) is 5.11 Å². The molecular weight excluding hydrogens is 280 g/mol. The molecule has 1 heterocycles. The van der Waals surface area contributed by atoms with E-state index in [1.807, 2.05) is 18.2 Å². The lowest BCUT2D eigenvalue weighted by Crippen LogP contribution is -2.36. The van der Waals surface area contributed by atoms with Crippen molar-refractivity contribution in [2.45, 2.75) is 33.2 Å². The molecule has 0 aliphatic heterocycles. The SMILES string of the molecule is CCC(CC)(CO)CNCc1cccc(Br)n1. The number of nitrogens with zero attached hydrogens (tertiary/aromatic N) is 1. The first-order chi connectivity index (χ1) is 8.15. The summed E-state index contributed by atoms with van der Waals surface area (Å²) in [6.45, 7) is 6.04. The number of halogens is 1. The van der Waals surface area contributed by atoms with Crippen LogP contribution in [0.4, 0.5) is 0 Å². The minimum Gasteiger partial charge on any atom is -0.396 e. The highest BCUT2D eigenvalue weighted by molar-refractivity contribution is 9.10.